The van der Waals surface area contributed by atoms with E-state index in [4.69, 9.17) is 5.11 Å². The Morgan fingerprint density at radius 2 is 2.37 bits per heavy atom. The molecule has 5 heteroatoms. The normalized spacial score (nSPS) is 10.1. The van der Waals surface area contributed by atoms with E-state index in [1.54, 1.807) is 11.3 Å². The third-order valence-electron chi connectivity index (χ3n) is 2.34. The van der Waals surface area contributed by atoms with Crippen molar-refractivity contribution in [1.82, 2.24) is 10.2 Å². The van der Waals surface area contributed by atoms with Gasteiger partial charge in [-0.1, -0.05) is 11.8 Å². The monoisotopic (exact) mass is 280 g/mol. The maximum absolute atomic E-state index is 11.4. The van der Waals surface area contributed by atoms with Crippen molar-refractivity contribution in [3.8, 4) is 11.8 Å². The Balaban J connectivity index is 2.45. The van der Waals surface area contributed by atoms with Gasteiger partial charge in [0.2, 0.25) is 5.91 Å². The number of carbonyl (C=O) groups is 1. The van der Waals surface area contributed by atoms with Crippen LogP contribution in [0.3, 0.4) is 0 Å². The number of carbonyl (C=O) groups excluding carboxylic acids is 1. The lowest BCUT2D eigenvalue weighted by Gasteiger charge is -2.14. The SMILES string of the molecule is CCNC(=O)CN(C)Cc1cc(C#CCCO)cs1. The molecular formula is C14H20N2O2S. The Morgan fingerprint density at radius 3 is 3.05 bits per heavy atom. The zero-order chi connectivity index (χ0) is 14.1. The molecule has 0 saturated carbocycles. The van der Waals surface area contributed by atoms with Gasteiger partial charge in [-0.15, -0.1) is 11.3 Å². The third-order valence-corrected chi connectivity index (χ3v) is 3.26. The average molecular weight is 280 g/mol. The number of thiophene rings is 1. The molecule has 0 aromatic carbocycles. The minimum absolute atomic E-state index is 0.0458. The minimum atomic E-state index is 0.0458. The number of nitrogens with zero attached hydrogens (tertiary/aromatic N) is 1. The van der Waals surface area contributed by atoms with Crippen molar-refractivity contribution >= 4 is 17.2 Å². The molecule has 2 N–H and O–H groups in total. The Morgan fingerprint density at radius 1 is 1.58 bits per heavy atom. The van der Waals surface area contributed by atoms with E-state index < -0.39 is 0 Å². The molecule has 0 fully saturated rings. The molecule has 4 nitrogen and oxygen atoms in total. The molecular weight excluding hydrogens is 260 g/mol. The van der Waals surface area contributed by atoms with E-state index in [0.717, 1.165) is 12.1 Å². The Bertz CT molecular complexity index is 460. The van der Waals surface area contributed by atoms with E-state index in [9.17, 15) is 4.79 Å². The largest absolute Gasteiger partial charge is 0.395 e. The predicted octanol–water partition coefficient (Wildman–Crippen LogP) is 1.05. The molecule has 1 aromatic rings. The van der Waals surface area contributed by atoms with Crippen LogP contribution in [0.4, 0.5) is 0 Å². The number of amides is 1. The van der Waals surface area contributed by atoms with Gasteiger partial charge in [0.15, 0.2) is 0 Å². The maximum atomic E-state index is 11.4. The van der Waals surface area contributed by atoms with Gasteiger partial charge < -0.3 is 10.4 Å². The summed E-state index contributed by atoms with van der Waals surface area (Å²) in [6.07, 6.45) is 0.502. The van der Waals surface area contributed by atoms with Crippen molar-refractivity contribution in [3.05, 3.63) is 21.9 Å². The lowest BCUT2D eigenvalue weighted by molar-refractivity contribution is -0.121. The maximum Gasteiger partial charge on any atom is 0.234 e. The number of hydrogen-bond donors (Lipinski definition) is 2. The van der Waals surface area contributed by atoms with E-state index in [0.29, 0.717) is 19.5 Å². The predicted molar refractivity (Wildman–Crippen MR) is 77.9 cm³/mol. The molecule has 19 heavy (non-hydrogen) atoms. The van der Waals surface area contributed by atoms with Gasteiger partial charge in [-0.25, -0.2) is 0 Å². The van der Waals surface area contributed by atoms with Crippen molar-refractivity contribution in [2.24, 2.45) is 0 Å². The number of aliphatic hydroxyl groups excluding tert-OH is 1. The van der Waals surface area contributed by atoms with Crippen molar-refractivity contribution in [2.45, 2.75) is 19.9 Å². The summed E-state index contributed by atoms with van der Waals surface area (Å²) in [7, 11) is 1.92. The summed E-state index contributed by atoms with van der Waals surface area (Å²) in [4.78, 5) is 14.6. The molecule has 1 rings (SSSR count). The molecule has 0 aliphatic heterocycles. The molecule has 0 radical (unpaired) electrons. The van der Waals surface area contributed by atoms with E-state index in [1.807, 2.05) is 30.3 Å². The van der Waals surface area contributed by atoms with Gasteiger partial charge in [-0.05, 0) is 20.0 Å². The number of rotatable bonds is 6. The highest BCUT2D eigenvalue weighted by atomic mass is 32.1. The summed E-state index contributed by atoms with van der Waals surface area (Å²) in [5.41, 5.74) is 0.972. The molecule has 0 aliphatic rings. The number of hydrogen-bond acceptors (Lipinski definition) is 4. The van der Waals surface area contributed by atoms with Gasteiger partial charge in [0.1, 0.15) is 0 Å². The fraction of sp³-hybridized carbons (Fsp3) is 0.500. The average Bonchev–Trinajstić information content (AvgIpc) is 2.77. The van der Waals surface area contributed by atoms with Crippen molar-refractivity contribution in [3.63, 3.8) is 0 Å². The fourth-order valence-electron chi connectivity index (χ4n) is 1.57. The highest BCUT2D eigenvalue weighted by Gasteiger charge is 2.07. The fourth-order valence-corrected chi connectivity index (χ4v) is 2.46. The second-order valence-corrected chi connectivity index (χ2v) is 5.20. The van der Waals surface area contributed by atoms with Gasteiger partial charge in [0.05, 0.1) is 13.2 Å². The van der Waals surface area contributed by atoms with Gasteiger partial charge in [-0.3, -0.25) is 9.69 Å². The molecule has 0 unspecified atom stereocenters. The highest BCUT2D eigenvalue weighted by molar-refractivity contribution is 7.10. The number of aliphatic hydroxyl groups is 1. The summed E-state index contributed by atoms with van der Waals surface area (Å²) in [5, 5.41) is 13.4. The van der Waals surface area contributed by atoms with Crippen LogP contribution in [0.1, 0.15) is 23.8 Å². The highest BCUT2D eigenvalue weighted by Crippen LogP contribution is 2.15. The van der Waals surface area contributed by atoms with E-state index in [1.165, 1.54) is 4.88 Å². The number of likely N-dealkylation sites (N-methyl/N-ethyl adjacent to an activating group) is 2. The van der Waals surface area contributed by atoms with Crippen LogP contribution in [0.15, 0.2) is 11.4 Å². The lowest BCUT2D eigenvalue weighted by atomic mass is 10.3. The van der Waals surface area contributed by atoms with Gasteiger partial charge in [0, 0.05) is 35.3 Å². The molecule has 0 spiro atoms. The van der Waals surface area contributed by atoms with Gasteiger partial charge >= 0.3 is 0 Å². The van der Waals surface area contributed by atoms with Crippen LogP contribution in [0, 0.1) is 11.8 Å². The zero-order valence-electron chi connectivity index (χ0n) is 11.4. The van der Waals surface area contributed by atoms with E-state index >= 15 is 0 Å². The van der Waals surface area contributed by atoms with E-state index in [2.05, 4.69) is 17.2 Å². The quantitative estimate of drug-likeness (QED) is 0.766. The minimum Gasteiger partial charge on any atom is -0.395 e. The van der Waals surface area contributed by atoms with Crippen LogP contribution in [-0.2, 0) is 11.3 Å². The van der Waals surface area contributed by atoms with Crippen molar-refractivity contribution < 1.29 is 9.90 Å². The molecule has 0 aliphatic carbocycles. The molecule has 1 heterocycles. The Labute approximate surface area is 118 Å². The van der Waals surface area contributed by atoms with Crippen LogP contribution in [0.25, 0.3) is 0 Å². The van der Waals surface area contributed by atoms with Crippen molar-refractivity contribution in [2.75, 3.05) is 26.7 Å². The molecule has 1 aromatic heterocycles. The first-order valence-corrected chi connectivity index (χ1v) is 7.16. The lowest BCUT2D eigenvalue weighted by Crippen LogP contribution is -2.34. The van der Waals surface area contributed by atoms with Crippen LogP contribution in [-0.4, -0.2) is 42.7 Å². The third kappa shape index (κ3) is 6.39. The molecule has 0 bridgehead atoms. The van der Waals surface area contributed by atoms with Gasteiger partial charge in [-0.2, -0.15) is 0 Å². The number of nitrogens with one attached hydrogen (secondary N) is 1. The first-order valence-electron chi connectivity index (χ1n) is 6.28. The molecule has 1 amide bonds. The summed E-state index contributed by atoms with van der Waals surface area (Å²) in [5.74, 6) is 5.94. The molecule has 0 atom stereocenters. The summed E-state index contributed by atoms with van der Waals surface area (Å²) >= 11 is 1.64. The standard InChI is InChI=1S/C14H20N2O2S/c1-3-15-14(18)10-16(2)9-13-8-12(11-19-13)6-4-5-7-17/h8,11,17H,3,5,7,9-10H2,1-2H3,(H,15,18). The Hall–Kier alpha value is -1.35. The van der Waals surface area contributed by atoms with Crippen LogP contribution in [0.5, 0.6) is 0 Å². The van der Waals surface area contributed by atoms with Gasteiger partial charge in [0.25, 0.3) is 0 Å². The zero-order valence-corrected chi connectivity index (χ0v) is 12.2. The summed E-state index contributed by atoms with van der Waals surface area (Å²) < 4.78 is 0. The Kier molecular flexibility index (Phi) is 7.19. The second-order valence-electron chi connectivity index (χ2n) is 4.20. The summed E-state index contributed by atoms with van der Waals surface area (Å²) in [6.45, 7) is 3.81. The van der Waals surface area contributed by atoms with E-state index in [-0.39, 0.29) is 12.5 Å². The topological polar surface area (TPSA) is 52.6 Å². The molecule has 104 valence electrons. The molecule has 0 saturated heterocycles. The van der Waals surface area contributed by atoms with Crippen molar-refractivity contribution in [1.29, 1.82) is 0 Å². The summed E-state index contributed by atoms with van der Waals surface area (Å²) in [6, 6.07) is 2.03. The first-order chi connectivity index (χ1) is 9.15. The second kappa shape index (κ2) is 8.70. The first kappa shape index (κ1) is 15.7. The van der Waals surface area contributed by atoms with Crippen LogP contribution in [0.2, 0.25) is 0 Å². The smallest absolute Gasteiger partial charge is 0.234 e. The van der Waals surface area contributed by atoms with Crippen LogP contribution >= 0.6 is 11.3 Å². The van der Waals surface area contributed by atoms with Crippen LogP contribution < -0.4 is 5.32 Å².